The molecule has 4 rings (SSSR count). The van der Waals surface area contributed by atoms with Gasteiger partial charge in [0, 0.05) is 20.1 Å². The molecule has 7 nitrogen and oxygen atoms in total. The van der Waals surface area contributed by atoms with E-state index in [1.54, 1.807) is 16.7 Å². The number of aromatic nitrogens is 2. The molecule has 0 saturated carbocycles. The molecule has 3 aromatic rings. The summed E-state index contributed by atoms with van der Waals surface area (Å²) in [5, 5.41) is 10.8. The lowest BCUT2D eigenvalue weighted by atomic mass is 10.2. The fourth-order valence-electron chi connectivity index (χ4n) is 3.94. The number of allylic oxidation sites excluding steroid dienone is 1. The molecule has 0 saturated heterocycles. The molecule has 0 unspecified atom stereocenters. The van der Waals surface area contributed by atoms with Crippen molar-refractivity contribution in [2.45, 2.75) is 25.0 Å². The molecule has 8 heteroatoms. The molecule has 162 valence electrons. The van der Waals surface area contributed by atoms with Gasteiger partial charge in [0.15, 0.2) is 10.9 Å². The molecule has 2 aromatic carbocycles. The SMILES string of the molecule is CC(C)n1c(SCC(=O)C(C#N)=C2N(C)c3ccccc3N2C)nc2ccccc2c1=O. The number of carbonyl (C=O) groups excluding carboxylic acids is 1. The molecule has 0 bridgehead atoms. The molecule has 1 aliphatic rings. The highest BCUT2D eigenvalue weighted by molar-refractivity contribution is 7.99. The predicted molar refractivity (Wildman–Crippen MR) is 128 cm³/mol. The highest BCUT2D eigenvalue weighted by atomic mass is 32.2. The van der Waals surface area contributed by atoms with Crippen molar-refractivity contribution in [2.75, 3.05) is 29.6 Å². The van der Waals surface area contributed by atoms with E-state index in [0.29, 0.717) is 21.9 Å². The summed E-state index contributed by atoms with van der Waals surface area (Å²) in [4.78, 5) is 34.5. The lowest BCUT2D eigenvalue weighted by Crippen LogP contribution is -2.27. The van der Waals surface area contributed by atoms with E-state index < -0.39 is 0 Å². The van der Waals surface area contributed by atoms with Gasteiger partial charge < -0.3 is 9.80 Å². The largest absolute Gasteiger partial charge is 0.328 e. The quantitative estimate of drug-likeness (QED) is 0.254. The van der Waals surface area contributed by atoms with Gasteiger partial charge in [-0.25, -0.2) is 4.98 Å². The number of nitriles is 1. The first-order valence-electron chi connectivity index (χ1n) is 10.2. The van der Waals surface area contributed by atoms with Gasteiger partial charge in [-0.2, -0.15) is 5.26 Å². The zero-order valence-electron chi connectivity index (χ0n) is 18.4. The topological polar surface area (TPSA) is 82.2 Å². The summed E-state index contributed by atoms with van der Waals surface area (Å²) >= 11 is 1.18. The summed E-state index contributed by atoms with van der Waals surface area (Å²) in [6.07, 6.45) is 0. The number of hydrogen-bond acceptors (Lipinski definition) is 7. The van der Waals surface area contributed by atoms with E-state index in [4.69, 9.17) is 0 Å². The lowest BCUT2D eigenvalue weighted by Gasteiger charge is -2.20. The van der Waals surface area contributed by atoms with Crippen LogP contribution in [-0.2, 0) is 4.79 Å². The maximum Gasteiger partial charge on any atom is 0.262 e. The van der Waals surface area contributed by atoms with E-state index in [0.717, 1.165) is 11.4 Å². The van der Waals surface area contributed by atoms with E-state index in [2.05, 4.69) is 11.1 Å². The minimum atomic E-state index is -0.309. The van der Waals surface area contributed by atoms with Gasteiger partial charge in [-0.05, 0) is 38.1 Å². The predicted octanol–water partition coefficient (Wildman–Crippen LogP) is 3.96. The van der Waals surface area contributed by atoms with Crippen LogP contribution in [0.1, 0.15) is 19.9 Å². The Morgan fingerprint density at radius 2 is 1.66 bits per heavy atom. The van der Waals surface area contributed by atoms with Crippen molar-refractivity contribution in [2.24, 2.45) is 0 Å². The second-order valence-corrected chi connectivity index (χ2v) is 8.75. The third kappa shape index (κ3) is 3.55. The third-order valence-corrected chi connectivity index (χ3v) is 6.43. The molecule has 0 aliphatic carbocycles. The Bertz CT molecular complexity index is 1320. The van der Waals surface area contributed by atoms with Gasteiger partial charge in [0.25, 0.3) is 5.56 Å². The van der Waals surface area contributed by atoms with Crippen molar-refractivity contribution < 1.29 is 4.79 Å². The number of thioether (sulfide) groups is 1. The number of ketones is 1. The highest BCUT2D eigenvalue weighted by Gasteiger charge is 2.31. The van der Waals surface area contributed by atoms with Crippen LogP contribution in [0.2, 0.25) is 0 Å². The molecule has 32 heavy (non-hydrogen) atoms. The van der Waals surface area contributed by atoms with Gasteiger partial charge in [0.2, 0.25) is 0 Å². The Labute approximate surface area is 190 Å². The van der Waals surface area contributed by atoms with Gasteiger partial charge in [0.05, 0.1) is 28.0 Å². The number of anilines is 2. The molecule has 1 aliphatic heterocycles. The number of hydrogen-bond donors (Lipinski definition) is 0. The number of carbonyl (C=O) groups is 1. The van der Waals surface area contributed by atoms with Crippen molar-refractivity contribution in [1.29, 1.82) is 5.26 Å². The van der Waals surface area contributed by atoms with Crippen molar-refractivity contribution >= 4 is 39.8 Å². The van der Waals surface area contributed by atoms with Crippen molar-refractivity contribution in [3.8, 4) is 6.07 Å². The normalized spacial score (nSPS) is 12.9. The molecule has 0 atom stereocenters. The van der Waals surface area contributed by atoms with Crippen molar-refractivity contribution in [3.05, 3.63) is 70.3 Å². The molecule has 0 spiro atoms. The zero-order valence-corrected chi connectivity index (χ0v) is 19.2. The van der Waals surface area contributed by atoms with Crippen LogP contribution in [0.25, 0.3) is 10.9 Å². The second kappa shape index (κ2) is 8.52. The van der Waals surface area contributed by atoms with Crippen LogP contribution in [0.5, 0.6) is 0 Å². The van der Waals surface area contributed by atoms with Crippen LogP contribution in [0, 0.1) is 11.3 Å². The maximum absolute atomic E-state index is 13.1. The first kappa shape index (κ1) is 21.7. The van der Waals surface area contributed by atoms with Gasteiger partial charge >= 0.3 is 0 Å². The number of benzene rings is 2. The summed E-state index contributed by atoms with van der Waals surface area (Å²) in [5.41, 5.74) is 2.41. The number of fused-ring (bicyclic) bond motifs is 2. The molecular weight excluding hydrogens is 422 g/mol. The van der Waals surface area contributed by atoms with E-state index in [9.17, 15) is 14.9 Å². The molecule has 1 aromatic heterocycles. The van der Waals surface area contributed by atoms with Crippen LogP contribution >= 0.6 is 11.8 Å². The van der Waals surface area contributed by atoms with E-state index in [1.165, 1.54) is 11.8 Å². The molecule has 0 amide bonds. The lowest BCUT2D eigenvalue weighted by molar-refractivity contribution is -0.112. The number of para-hydroxylation sites is 3. The Balaban J connectivity index is 1.68. The summed E-state index contributed by atoms with van der Waals surface area (Å²) in [5.74, 6) is 0.241. The van der Waals surface area contributed by atoms with Crippen LogP contribution in [0.15, 0.2) is 69.9 Å². The summed E-state index contributed by atoms with van der Waals surface area (Å²) in [6, 6.07) is 16.9. The highest BCUT2D eigenvalue weighted by Crippen LogP contribution is 2.40. The van der Waals surface area contributed by atoms with Crippen molar-refractivity contribution in [1.82, 2.24) is 9.55 Å². The van der Waals surface area contributed by atoms with E-state index >= 15 is 0 Å². The average Bonchev–Trinajstić information content (AvgIpc) is 3.03. The van der Waals surface area contributed by atoms with Gasteiger partial charge in [-0.3, -0.25) is 14.2 Å². The van der Waals surface area contributed by atoms with Crippen LogP contribution < -0.4 is 15.4 Å². The standard InChI is InChI=1S/C24H23N5O2S/c1-15(2)29-23(31)16-9-5-6-10-18(16)26-24(29)32-14-21(30)17(13-25)22-27(3)19-11-7-8-12-20(19)28(22)4/h5-12,15H,14H2,1-4H3. The first-order valence-corrected chi connectivity index (χ1v) is 11.2. The smallest absolute Gasteiger partial charge is 0.262 e. The Morgan fingerprint density at radius 3 is 2.25 bits per heavy atom. The second-order valence-electron chi connectivity index (χ2n) is 7.81. The van der Waals surface area contributed by atoms with Crippen LogP contribution in [0.4, 0.5) is 11.4 Å². The monoisotopic (exact) mass is 445 g/mol. The van der Waals surface area contributed by atoms with Gasteiger partial charge in [0.1, 0.15) is 17.5 Å². The van der Waals surface area contributed by atoms with E-state index in [-0.39, 0.29) is 28.7 Å². The summed E-state index contributed by atoms with van der Waals surface area (Å²) < 4.78 is 1.60. The van der Waals surface area contributed by atoms with Gasteiger partial charge in [-0.15, -0.1) is 0 Å². The fraction of sp³-hybridized carbons (Fsp3) is 0.250. The molecule has 0 N–H and O–H groups in total. The summed E-state index contributed by atoms with van der Waals surface area (Å²) in [7, 11) is 3.69. The van der Waals surface area contributed by atoms with Gasteiger partial charge in [-0.1, -0.05) is 36.0 Å². The van der Waals surface area contributed by atoms with Crippen LogP contribution in [-0.4, -0.2) is 35.2 Å². The van der Waals surface area contributed by atoms with E-state index in [1.807, 2.05) is 74.1 Å². The molecule has 0 fully saturated rings. The minimum absolute atomic E-state index is 0.00190. The molecule has 0 radical (unpaired) electrons. The summed E-state index contributed by atoms with van der Waals surface area (Å²) in [6.45, 7) is 3.82. The average molecular weight is 446 g/mol. The zero-order chi connectivity index (χ0) is 23.0. The third-order valence-electron chi connectivity index (χ3n) is 5.48. The number of Topliss-reactive ketones (excluding diaryl/α,β-unsaturated/α-hetero) is 1. The van der Waals surface area contributed by atoms with Crippen LogP contribution in [0.3, 0.4) is 0 Å². The number of nitrogens with zero attached hydrogens (tertiary/aromatic N) is 5. The Morgan fingerprint density at radius 1 is 1.06 bits per heavy atom. The maximum atomic E-state index is 13.1. The first-order chi connectivity index (χ1) is 15.3. The van der Waals surface area contributed by atoms with Crippen molar-refractivity contribution in [3.63, 3.8) is 0 Å². The Kier molecular flexibility index (Phi) is 5.76. The minimum Gasteiger partial charge on any atom is -0.328 e. The fourth-order valence-corrected chi connectivity index (χ4v) is 4.94. The number of rotatable bonds is 5. The Hall–Kier alpha value is -3.57. The molecular formula is C24H23N5O2S. The molecule has 2 heterocycles.